The van der Waals surface area contributed by atoms with E-state index in [1.165, 1.54) is 0 Å². The molecule has 5 heteroatoms. The van der Waals surface area contributed by atoms with Crippen LogP contribution in [-0.2, 0) is 0 Å². The van der Waals surface area contributed by atoms with Gasteiger partial charge in [0.25, 0.3) is 5.91 Å². The van der Waals surface area contributed by atoms with Gasteiger partial charge in [0.2, 0.25) is 0 Å². The van der Waals surface area contributed by atoms with Gasteiger partial charge in [-0.05, 0) is 18.6 Å². The minimum absolute atomic E-state index is 0.0767. The first-order valence-corrected chi connectivity index (χ1v) is 6.09. The van der Waals surface area contributed by atoms with Crippen molar-refractivity contribution in [1.82, 2.24) is 10.2 Å². The predicted octanol–water partition coefficient (Wildman–Crippen LogP) is 1.79. The summed E-state index contributed by atoms with van der Waals surface area (Å²) >= 11 is 0. The van der Waals surface area contributed by atoms with E-state index in [1.54, 1.807) is 4.90 Å². The van der Waals surface area contributed by atoms with Crippen LogP contribution in [0.1, 0.15) is 23.7 Å². The third-order valence-corrected chi connectivity index (χ3v) is 3.04. The summed E-state index contributed by atoms with van der Waals surface area (Å²) in [5, 5.41) is 3.09. The number of hydrogen-bond acceptors (Lipinski definition) is 2. The molecule has 0 unspecified atom stereocenters. The number of nitrogens with zero attached hydrogens (tertiary/aromatic N) is 1. The Hall–Kier alpha value is -1.49. The van der Waals surface area contributed by atoms with E-state index in [-0.39, 0.29) is 17.5 Å². The summed E-state index contributed by atoms with van der Waals surface area (Å²) in [5.41, 5.74) is 0.0767. The maximum Gasteiger partial charge on any atom is 0.254 e. The fraction of sp³-hybridized carbons (Fsp3) is 0.462. The van der Waals surface area contributed by atoms with Crippen LogP contribution in [0.15, 0.2) is 18.2 Å². The van der Waals surface area contributed by atoms with Gasteiger partial charge >= 0.3 is 0 Å². The Balaban J connectivity index is 2.21. The quantitative estimate of drug-likeness (QED) is 0.888. The lowest BCUT2D eigenvalue weighted by molar-refractivity contribution is 0.0614. The van der Waals surface area contributed by atoms with E-state index in [4.69, 9.17) is 0 Å². The number of halogens is 2. The lowest BCUT2D eigenvalue weighted by Gasteiger charge is -2.38. The summed E-state index contributed by atoms with van der Waals surface area (Å²) < 4.78 is 26.2. The molecule has 1 amide bonds. The Kier molecular flexibility index (Phi) is 3.91. The number of hydrogen-bond donors (Lipinski definition) is 1. The number of carbonyl (C=O) groups excluding carboxylic acids is 1. The molecule has 1 N–H and O–H groups in total. The average molecular weight is 254 g/mol. The molecule has 0 aliphatic carbocycles. The molecule has 0 aromatic heterocycles. The third-order valence-electron chi connectivity index (χ3n) is 3.04. The second kappa shape index (κ2) is 5.44. The molecule has 1 aromatic rings. The zero-order valence-electron chi connectivity index (χ0n) is 10.2. The second-order valence-corrected chi connectivity index (χ2v) is 4.47. The van der Waals surface area contributed by atoms with Gasteiger partial charge in [0.15, 0.2) is 0 Å². The van der Waals surface area contributed by atoms with Crippen molar-refractivity contribution in [2.75, 3.05) is 19.6 Å². The fourth-order valence-electron chi connectivity index (χ4n) is 2.03. The molecule has 1 fully saturated rings. The van der Waals surface area contributed by atoms with Crippen LogP contribution in [0.2, 0.25) is 0 Å². The van der Waals surface area contributed by atoms with Gasteiger partial charge in [-0.2, -0.15) is 0 Å². The van der Waals surface area contributed by atoms with Crippen molar-refractivity contribution in [3.63, 3.8) is 0 Å². The monoisotopic (exact) mass is 254 g/mol. The molecule has 0 atom stereocenters. The number of nitrogens with one attached hydrogen (secondary N) is 1. The van der Waals surface area contributed by atoms with Gasteiger partial charge in [-0.1, -0.05) is 6.92 Å². The summed E-state index contributed by atoms with van der Waals surface area (Å²) in [5.74, 6) is -1.75. The fourth-order valence-corrected chi connectivity index (χ4v) is 2.03. The summed E-state index contributed by atoms with van der Waals surface area (Å²) in [6.07, 6.45) is 0.819. The number of rotatable bonds is 4. The molecule has 1 saturated heterocycles. The molecular weight excluding hydrogens is 238 g/mol. The maximum atomic E-state index is 13.1. The van der Waals surface area contributed by atoms with Crippen molar-refractivity contribution >= 4 is 5.91 Å². The summed E-state index contributed by atoms with van der Waals surface area (Å²) in [6, 6.07) is 3.07. The molecule has 98 valence electrons. The molecule has 1 aliphatic heterocycles. The Labute approximate surface area is 105 Å². The molecule has 1 aromatic carbocycles. The SMILES string of the molecule is CCCN(C(=O)c1cc(F)cc(F)c1)C1CNC1. The van der Waals surface area contributed by atoms with Crippen LogP contribution in [0, 0.1) is 11.6 Å². The van der Waals surface area contributed by atoms with Crippen molar-refractivity contribution in [1.29, 1.82) is 0 Å². The Morgan fingerprint density at radius 1 is 1.33 bits per heavy atom. The molecule has 2 rings (SSSR count). The van der Waals surface area contributed by atoms with E-state index < -0.39 is 11.6 Å². The standard InChI is InChI=1S/C13H16F2N2O/c1-2-3-17(12-7-16-8-12)13(18)9-4-10(14)6-11(15)5-9/h4-6,12,16H,2-3,7-8H2,1H3. The topological polar surface area (TPSA) is 32.3 Å². The highest BCUT2D eigenvalue weighted by atomic mass is 19.1. The van der Waals surface area contributed by atoms with Crippen LogP contribution in [0.3, 0.4) is 0 Å². The summed E-state index contributed by atoms with van der Waals surface area (Å²) in [7, 11) is 0. The minimum atomic E-state index is -0.721. The van der Waals surface area contributed by atoms with Crippen LogP contribution >= 0.6 is 0 Å². The lowest BCUT2D eigenvalue weighted by Crippen LogP contribution is -2.59. The molecule has 18 heavy (non-hydrogen) atoms. The molecule has 0 saturated carbocycles. The van der Waals surface area contributed by atoms with Crippen LogP contribution in [-0.4, -0.2) is 36.5 Å². The highest BCUT2D eigenvalue weighted by molar-refractivity contribution is 5.94. The maximum absolute atomic E-state index is 13.1. The van der Waals surface area contributed by atoms with E-state index >= 15 is 0 Å². The molecule has 1 aliphatic rings. The van der Waals surface area contributed by atoms with Crippen LogP contribution in [0.4, 0.5) is 8.78 Å². The Morgan fingerprint density at radius 2 is 1.94 bits per heavy atom. The zero-order valence-corrected chi connectivity index (χ0v) is 10.2. The second-order valence-electron chi connectivity index (χ2n) is 4.47. The highest BCUT2D eigenvalue weighted by Crippen LogP contribution is 2.15. The Morgan fingerprint density at radius 3 is 2.39 bits per heavy atom. The van der Waals surface area contributed by atoms with E-state index in [2.05, 4.69) is 5.32 Å². The molecule has 1 heterocycles. The first kappa shape index (κ1) is 13.0. The highest BCUT2D eigenvalue weighted by Gasteiger charge is 2.28. The van der Waals surface area contributed by atoms with E-state index in [1.807, 2.05) is 6.92 Å². The number of benzene rings is 1. The first-order chi connectivity index (χ1) is 8.61. The van der Waals surface area contributed by atoms with Gasteiger partial charge in [0, 0.05) is 31.3 Å². The van der Waals surface area contributed by atoms with Crippen molar-refractivity contribution in [2.45, 2.75) is 19.4 Å². The molecule has 0 spiro atoms. The minimum Gasteiger partial charge on any atom is -0.333 e. The normalized spacial score (nSPS) is 15.3. The van der Waals surface area contributed by atoms with Crippen LogP contribution in [0.5, 0.6) is 0 Å². The first-order valence-electron chi connectivity index (χ1n) is 6.09. The van der Waals surface area contributed by atoms with Gasteiger partial charge in [-0.3, -0.25) is 4.79 Å². The van der Waals surface area contributed by atoms with Crippen molar-refractivity contribution in [2.24, 2.45) is 0 Å². The van der Waals surface area contributed by atoms with Crippen molar-refractivity contribution in [3.05, 3.63) is 35.4 Å². The van der Waals surface area contributed by atoms with Crippen LogP contribution in [0.25, 0.3) is 0 Å². The molecule has 0 bridgehead atoms. The zero-order chi connectivity index (χ0) is 13.1. The van der Waals surface area contributed by atoms with Gasteiger partial charge in [0.1, 0.15) is 11.6 Å². The third kappa shape index (κ3) is 2.67. The predicted molar refractivity (Wildman–Crippen MR) is 64.3 cm³/mol. The summed E-state index contributed by atoms with van der Waals surface area (Å²) in [4.78, 5) is 13.9. The molecular formula is C13H16F2N2O. The van der Waals surface area contributed by atoms with Gasteiger partial charge in [0.05, 0.1) is 6.04 Å². The van der Waals surface area contributed by atoms with Gasteiger partial charge < -0.3 is 10.2 Å². The molecule has 0 radical (unpaired) electrons. The van der Waals surface area contributed by atoms with E-state index in [0.717, 1.165) is 37.7 Å². The molecule has 3 nitrogen and oxygen atoms in total. The van der Waals surface area contributed by atoms with Crippen LogP contribution < -0.4 is 5.32 Å². The Bertz CT molecular complexity index is 426. The largest absolute Gasteiger partial charge is 0.333 e. The summed E-state index contributed by atoms with van der Waals surface area (Å²) in [6.45, 7) is 4.05. The van der Waals surface area contributed by atoms with Gasteiger partial charge in [-0.25, -0.2) is 8.78 Å². The average Bonchev–Trinajstić information content (AvgIpc) is 2.23. The van der Waals surface area contributed by atoms with Crippen molar-refractivity contribution < 1.29 is 13.6 Å². The van der Waals surface area contributed by atoms with Gasteiger partial charge in [-0.15, -0.1) is 0 Å². The number of carbonyl (C=O) groups is 1. The smallest absolute Gasteiger partial charge is 0.254 e. The van der Waals surface area contributed by atoms with E-state index in [9.17, 15) is 13.6 Å². The number of amides is 1. The van der Waals surface area contributed by atoms with E-state index in [0.29, 0.717) is 6.54 Å². The lowest BCUT2D eigenvalue weighted by atomic mass is 10.1. The van der Waals surface area contributed by atoms with Crippen molar-refractivity contribution in [3.8, 4) is 0 Å².